The smallest absolute Gasteiger partial charge is 0.0393 e. The molecule has 0 bridgehead atoms. The highest BCUT2D eigenvalue weighted by Gasteiger charge is 2.21. The number of aryl methyl sites for hydroxylation is 1. The van der Waals surface area contributed by atoms with Gasteiger partial charge in [0.1, 0.15) is 0 Å². The van der Waals surface area contributed by atoms with Gasteiger partial charge in [0.25, 0.3) is 0 Å². The van der Waals surface area contributed by atoms with E-state index in [1.807, 2.05) is 0 Å². The molecule has 0 spiro atoms. The molecular weight excluding hydrogens is 208 g/mol. The molecule has 2 aliphatic rings. The average Bonchev–Trinajstić information content (AvgIpc) is 2.87. The Hall–Kier alpha value is -1.18. The third-order valence-corrected chi connectivity index (χ3v) is 4.26. The normalized spacial score (nSPS) is 23.4. The summed E-state index contributed by atoms with van der Waals surface area (Å²) in [5.74, 6) is 0.902. The number of hydrogen-bond acceptors (Lipinski definition) is 2. The van der Waals surface area contributed by atoms with Gasteiger partial charge >= 0.3 is 0 Å². The second-order valence-corrected chi connectivity index (χ2v) is 5.38. The van der Waals surface area contributed by atoms with Crippen LogP contribution in [0.5, 0.6) is 0 Å². The standard InChI is InChI=1S/C15H22N2/c1-2-12-7-9-17(11-12)14-6-5-13-4-3-8-16-15(13)10-14/h5-6,10,12,16H,2-4,7-9,11H2,1H3. The van der Waals surface area contributed by atoms with Gasteiger partial charge in [0.05, 0.1) is 0 Å². The number of benzene rings is 1. The molecule has 2 heterocycles. The molecule has 1 saturated heterocycles. The van der Waals surface area contributed by atoms with Crippen molar-refractivity contribution in [2.45, 2.75) is 32.6 Å². The lowest BCUT2D eigenvalue weighted by atomic mass is 10.0. The molecule has 0 aromatic heterocycles. The predicted octanol–water partition coefficient (Wildman–Crippen LogP) is 3.28. The zero-order chi connectivity index (χ0) is 11.7. The van der Waals surface area contributed by atoms with Crippen molar-refractivity contribution in [1.29, 1.82) is 0 Å². The van der Waals surface area contributed by atoms with E-state index >= 15 is 0 Å². The summed E-state index contributed by atoms with van der Waals surface area (Å²) in [5.41, 5.74) is 4.27. The SMILES string of the molecule is CCC1CCN(c2ccc3c(c2)NCCC3)C1. The quantitative estimate of drug-likeness (QED) is 0.838. The van der Waals surface area contributed by atoms with Gasteiger partial charge < -0.3 is 10.2 Å². The largest absolute Gasteiger partial charge is 0.385 e. The number of hydrogen-bond donors (Lipinski definition) is 1. The Bertz CT molecular complexity index is 400. The van der Waals surface area contributed by atoms with E-state index < -0.39 is 0 Å². The van der Waals surface area contributed by atoms with Gasteiger partial charge in [0.2, 0.25) is 0 Å². The van der Waals surface area contributed by atoms with E-state index in [9.17, 15) is 0 Å². The molecule has 1 unspecified atom stereocenters. The zero-order valence-electron chi connectivity index (χ0n) is 10.7. The summed E-state index contributed by atoms with van der Waals surface area (Å²) in [6.45, 7) is 5.92. The number of anilines is 2. The van der Waals surface area contributed by atoms with Crippen LogP contribution in [-0.2, 0) is 6.42 Å². The van der Waals surface area contributed by atoms with Gasteiger partial charge in [-0.1, -0.05) is 19.4 Å². The lowest BCUT2D eigenvalue weighted by molar-refractivity contribution is 0.569. The number of nitrogens with one attached hydrogen (secondary N) is 1. The van der Waals surface area contributed by atoms with Crippen LogP contribution in [0.4, 0.5) is 11.4 Å². The van der Waals surface area contributed by atoms with E-state index in [0.717, 1.165) is 12.5 Å². The van der Waals surface area contributed by atoms with Gasteiger partial charge in [-0.2, -0.15) is 0 Å². The highest BCUT2D eigenvalue weighted by molar-refractivity contribution is 5.63. The number of rotatable bonds is 2. The molecule has 0 aliphatic carbocycles. The molecule has 1 aromatic carbocycles. The van der Waals surface area contributed by atoms with Crippen molar-refractivity contribution in [3.05, 3.63) is 23.8 Å². The summed E-state index contributed by atoms with van der Waals surface area (Å²) >= 11 is 0. The third kappa shape index (κ3) is 2.13. The molecule has 2 aliphatic heterocycles. The van der Waals surface area contributed by atoms with Crippen molar-refractivity contribution in [2.75, 3.05) is 29.9 Å². The zero-order valence-corrected chi connectivity index (χ0v) is 10.7. The van der Waals surface area contributed by atoms with Gasteiger partial charge in [0.15, 0.2) is 0 Å². The van der Waals surface area contributed by atoms with Crippen LogP contribution in [0.3, 0.4) is 0 Å². The fourth-order valence-corrected chi connectivity index (χ4v) is 3.05. The number of fused-ring (bicyclic) bond motifs is 1. The fraction of sp³-hybridized carbons (Fsp3) is 0.600. The highest BCUT2D eigenvalue weighted by atomic mass is 15.2. The van der Waals surface area contributed by atoms with Crippen molar-refractivity contribution >= 4 is 11.4 Å². The molecular formula is C15H22N2. The van der Waals surface area contributed by atoms with Crippen LogP contribution >= 0.6 is 0 Å². The molecule has 2 nitrogen and oxygen atoms in total. The molecule has 92 valence electrons. The molecule has 1 N–H and O–H groups in total. The van der Waals surface area contributed by atoms with Gasteiger partial charge in [-0.05, 0) is 42.9 Å². The van der Waals surface area contributed by atoms with Crippen molar-refractivity contribution in [2.24, 2.45) is 5.92 Å². The fourth-order valence-electron chi connectivity index (χ4n) is 3.05. The lowest BCUT2D eigenvalue weighted by Gasteiger charge is -2.23. The summed E-state index contributed by atoms with van der Waals surface area (Å²) < 4.78 is 0. The van der Waals surface area contributed by atoms with Crippen LogP contribution < -0.4 is 10.2 Å². The van der Waals surface area contributed by atoms with Gasteiger partial charge in [-0.3, -0.25) is 0 Å². The molecule has 0 saturated carbocycles. The predicted molar refractivity (Wildman–Crippen MR) is 73.9 cm³/mol. The van der Waals surface area contributed by atoms with Crippen molar-refractivity contribution in [3.63, 3.8) is 0 Å². The monoisotopic (exact) mass is 230 g/mol. The summed E-state index contributed by atoms with van der Waals surface area (Å²) in [6, 6.07) is 6.98. The average molecular weight is 230 g/mol. The Morgan fingerprint density at radius 1 is 1.41 bits per heavy atom. The van der Waals surface area contributed by atoms with Crippen LogP contribution in [0.15, 0.2) is 18.2 Å². The summed E-state index contributed by atoms with van der Waals surface area (Å²) in [7, 11) is 0. The minimum Gasteiger partial charge on any atom is -0.385 e. The van der Waals surface area contributed by atoms with Gasteiger partial charge in [0, 0.05) is 31.0 Å². The molecule has 0 radical (unpaired) electrons. The molecule has 3 rings (SSSR count). The molecule has 1 fully saturated rings. The maximum absolute atomic E-state index is 3.52. The van der Waals surface area contributed by atoms with E-state index in [-0.39, 0.29) is 0 Å². The Morgan fingerprint density at radius 2 is 2.35 bits per heavy atom. The maximum Gasteiger partial charge on any atom is 0.0393 e. The number of nitrogens with zero attached hydrogens (tertiary/aromatic N) is 1. The van der Waals surface area contributed by atoms with Crippen LogP contribution in [0, 0.1) is 5.92 Å². The Labute approximate surface area is 104 Å². The molecule has 1 aromatic rings. The summed E-state index contributed by atoms with van der Waals surface area (Å²) in [5, 5.41) is 3.52. The van der Waals surface area contributed by atoms with Crippen LogP contribution in [0.2, 0.25) is 0 Å². The highest BCUT2D eigenvalue weighted by Crippen LogP contribution is 2.31. The minimum atomic E-state index is 0.902. The molecule has 17 heavy (non-hydrogen) atoms. The van der Waals surface area contributed by atoms with Gasteiger partial charge in [-0.25, -0.2) is 0 Å². The van der Waals surface area contributed by atoms with E-state index in [1.165, 1.54) is 55.7 Å². The molecule has 0 amide bonds. The topological polar surface area (TPSA) is 15.3 Å². The Balaban J connectivity index is 1.79. The third-order valence-electron chi connectivity index (χ3n) is 4.26. The van der Waals surface area contributed by atoms with Crippen LogP contribution in [0.25, 0.3) is 0 Å². The van der Waals surface area contributed by atoms with Crippen molar-refractivity contribution in [3.8, 4) is 0 Å². The van der Waals surface area contributed by atoms with Crippen LogP contribution in [-0.4, -0.2) is 19.6 Å². The van der Waals surface area contributed by atoms with E-state index in [1.54, 1.807) is 0 Å². The lowest BCUT2D eigenvalue weighted by Crippen LogP contribution is -2.20. The molecule has 1 atom stereocenters. The minimum absolute atomic E-state index is 0.902. The first-order chi connectivity index (χ1) is 8.36. The van der Waals surface area contributed by atoms with E-state index in [4.69, 9.17) is 0 Å². The molecule has 2 heteroatoms. The van der Waals surface area contributed by atoms with Crippen LogP contribution in [0.1, 0.15) is 31.7 Å². The van der Waals surface area contributed by atoms with Gasteiger partial charge in [-0.15, -0.1) is 0 Å². The Morgan fingerprint density at radius 3 is 3.18 bits per heavy atom. The first-order valence-corrected chi connectivity index (χ1v) is 6.98. The second-order valence-electron chi connectivity index (χ2n) is 5.38. The Kier molecular flexibility index (Phi) is 2.96. The summed E-state index contributed by atoms with van der Waals surface area (Å²) in [6.07, 6.45) is 5.19. The van der Waals surface area contributed by atoms with E-state index in [0.29, 0.717) is 0 Å². The van der Waals surface area contributed by atoms with Crippen molar-refractivity contribution in [1.82, 2.24) is 0 Å². The second kappa shape index (κ2) is 4.59. The first-order valence-electron chi connectivity index (χ1n) is 6.98. The van der Waals surface area contributed by atoms with E-state index in [2.05, 4.69) is 35.3 Å². The maximum atomic E-state index is 3.52. The first kappa shape index (κ1) is 10.9. The van der Waals surface area contributed by atoms with Crippen molar-refractivity contribution < 1.29 is 0 Å². The summed E-state index contributed by atoms with van der Waals surface area (Å²) in [4.78, 5) is 2.55.